The van der Waals surface area contributed by atoms with Crippen LogP contribution < -0.4 is 10.6 Å². The fourth-order valence-electron chi connectivity index (χ4n) is 4.54. The zero-order chi connectivity index (χ0) is 24.0. The minimum Gasteiger partial charge on any atom is -0.507 e. The molecule has 3 aliphatic rings. The average Bonchev–Trinajstić information content (AvgIpc) is 3.45. The number of carbonyl (C=O) groups excluding carboxylic acids is 3. The summed E-state index contributed by atoms with van der Waals surface area (Å²) in [6.07, 6.45) is 8.55. The lowest BCUT2D eigenvalue weighted by Crippen LogP contribution is -2.34. The number of thioether (sulfide) groups is 2. The Hall–Kier alpha value is -1.61. The van der Waals surface area contributed by atoms with Gasteiger partial charge in [0.2, 0.25) is 0 Å². The number of nitrogens with one attached hydrogen (secondary N) is 2. The molecule has 0 aromatic rings. The van der Waals surface area contributed by atoms with Gasteiger partial charge < -0.3 is 20.5 Å². The minimum atomic E-state index is -0.681. The van der Waals surface area contributed by atoms with Gasteiger partial charge in [0, 0.05) is 18.1 Å². The fourth-order valence-corrected chi connectivity index (χ4v) is 7.56. The van der Waals surface area contributed by atoms with Crippen LogP contribution in [-0.4, -0.2) is 57.2 Å². The van der Waals surface area contributed by atoms with Crippen LogP contribution in [0.1, 0.15) is 59.3 Å². The standard InChI is InChI=1S/C24H36N2O5S2/c1-24(2,3)31-23(30)25-11-5-8-17-21(28)20(22(29)26-17)18(27)10-9-15-6-4-7-16(15)14-19-32-12-13-33-19/h9-10,15-17,19,27H,4-8,11-14H2,1-3H3,(H,25,30)(H,26,29)/b10-9+,20-18-/t15-,16?,17?/m0/s1. The smallest absolute Gasteiger partial charge is 0.407 e. The number of hydrogen-bond acceptors (Lipinski definition) is 7. The van der Waals surface area contributed by atoms with Gasteiger partial charge >= 0.3 is 6.09 Å². The maximum atomic E-state index is 12.7. The predicted octanol–water partition coefficient (Wildman–Crippen LogP) is 4.34. The van der Waals surface area contributed by atoms with Crippen LogP contribution in [0.5, 0.6) is 0 Å². The number of Topliss-reactive ketones (excluding diaryl/α,β-unsaturated/α-hetero) is 1. The molecule has 0 radical (unpaired) electrons. The zero-order valence-electron chi connectivity index (χ0n) is 19.7. The maximum Gasteiger partial charge on any atom is 0.407 e. The number of amides is 2. The molecule has 2 heterocycles. The van der Waals surface area contributed by atoms with E-state index in [-0.39, 0.29) is 17.1 Å². The largest absolute Gasteiger partial charge is 0.507 e. The van der Waals surface area contributed by atoms with Crippen molar-refractivity contribution in [2.75, 3.05) is 18.1 Å². The molecule has 0 aromatic heterocycles. The highest BCUT2D eigenvalue weighted by Crippen LogP contribution is 2.43. The van der Waals surface area contributed by atoms with Gasteiger partial charge in [-0.05, 0) is 70.8 Å². The zero-order valence-corrected chi connectivity index (χ0v) is 21.4. The van der Waals surface area contributed by atoms with Gasteiger partial charge in [-0.25, -0.2) is 4.79 Å². The van der Waals surface area contributed by atoms with E-state index in [4.69, 9.17) is 4.74 Å². The van der Waals surface area contributed by atoms with Crippen LogP contribution in [0.2, 0.25) is 0 Å². The molecule has 33 heavy (non-hydrogen) atoms. The van der Waals surface area contributed by atoms with Crippen molar-refractivity contribution in [3.05, 3.63) is 23.5 Å². The van der Waals surface area contributed by atoms with E-state index in [2.05, 4.69) is 10.6 Å². The Labute approximate surface area is 204 Å². The molecule has 0 spiro atoms. The van der Waals surface area contributed by atoms with Crippen molar-refractivity contribution < 1.29 is 24.2 Å². The number of aliphatic hydroxyl groups is 1. The average molecular weight is 497 g/mol. The van der Waals surface area contributed by atoms with Gasteiger partial charge in [0.05, 0.1) is 10.6 Å². The predicted molar refractivity (Wildman–Crippen MR) is 133 cm³/mol. The number of ketones is 1. The van der Waals surface area contributed by atoms with Crippen LogP contribution in [0.4, 0.5) is 4.79 Å². The van der Waals surface area contributed by atoms with E-state index in [0.717, 1.165) is 6.42 Å². The second kappa shape index (κ2) is 11.7. The number of ether oxygens (including phenoxy) is 1. The van der Waals surface area contributed by atoms with Crippen molar-refractivity contribution in [1.29, 1.82) is 0 Å². The van der Waals surface area contributed by atoms with Crippen molar-refractivity contribution in [2.45, 2.75) is 75.5 Å². The SMILES string of the molecule is CC(C)(C)OC(=O)NCCCC1NC(=O)/C(=C(O)/C=C/[C@@H]2CCCC2CC2SCCS2)C1=O. The van der Waals surface area contributed by atoms with E-state index in [9.17, 15) is 19.5 Å². The second-order valence-corrected chi connectivity index (χ2v) is 12.8. The molecule has 2 saturated heterocycles. The maximum absolute atomic E-state index is 12.7. The molecular formula is C24H36N2O5S2. The lowest BCUT2D eigenvalue weighted by Gasteiger charge is -2.19. The van der Waals surface area contributed by atoms with Gasteiger partial charge in [-0.1, -0.05) is 12.5 Å². The summed E-state index contributed by atoms with van der Waals surface area (Å²) in [5.74, 6) is 2.26. The van der Waals surface area contributed by atoms with E-state index >= 15 is 0 Å². The van der Waals surface area contributed by atoms with E-state index in [1.807, 2.05) is 29.6 Å². The van der Waals surface area contributed by atoms with Crippen molar-refractivity contribution in [3.8, 4) is 0 Å². The Morgan fingerprint density at radius 1 is 1.24 bits per heavy atom. The number of allylic oxidation sites excluding steroid dienone is 2. The lowest BCUT2D eigenvalue weighted by molar-refractivity contribution is -0.117. The molecule has 3 fully saturated rings. The third kappa shape index (κ3) is 7.70. The fraction of sp³-hybridized carbons (Fsp3) is 0.708. The molecule has 7 nitrogen and oxygen atoms in total. The van der Waals surface area contributed by atoms with Crippen LogP contribution in [0, 0.1) is 11.8 Å². The summed E-state index contributed by atoms with van der Waals surface area (Å²) in [5, 5.41) is 15.8. The van der Waals surface area contributed by atoms with E-state index in [0.29, 0.717) is 35.8 Å². The minimum absolute atomic E-state index is 0.159. The van der Waals surface area contributed by atoms with E-state index in [1.54, 1.807) is 26.8 Å². The molecule has 2 unspecified atom stereocenters. The van der Waals surface area contributed by atoms with Crippen LogP contribution >= 0.6 is 23.5 Å². The Kier molecular flexibility index (Phi) is 9.21. The number of hydrogen-bond donors (Lipinski definition) is 3. The highest BCUT2D eigenvalue weighted by molar-refractivity contribution is 8.20. The molecular weight excluding hydrogens is 460 g/mol. The van der Waals surface area contributed by atoms with E-state index in [1.165, 1.54) is 30.8 Å². The summed E-state index contributed by atoms with van der Waals surface area (Å²) in [5.41, 5.74) is -0.732. The highest BCUT2D eigenvalue weighted by atomic mass is 32.2. The third-order valence-electron chi connectivity index (χ3n) is 6.09. The first kappa shape index (κ1) is 26.0. The number of aliphatic hydroxyl groups excluding tert-OH is 1. The Morgan fingerprint density at radius 2 is 1.97 bits per heavy atom. The number of carbonyl (C=O) groups is 3. The van der Waals surface area contributed by atoms with Crippen LogP contribution in [-0.2, 0) is 14.3 Å². The first-order valence-electron chi connectivity index (χ1n) is 11.8. The third-order valence-corrected chi connectivity index (χ3v) is 9.18. The van der Waals surface area contributed by atoms with Gasteiger partial charge in [-0.15, -0.1) is 23.5 Å². The normalized spacial score (nSPS) is 27.9. The summed E-state index contributed by atoms with van der Waals surface area (Å²) in [6, 6.07) is -0.681. The quantitative estimate of drug-likeness (QED) is 0.199. The lowest BCUT2D eigenvalue weighted by atomic mass is 9.92. The number of alkyl carbamates (subject to hydrolysis) is 1. The molecule has 0 bridgehead atoms. The summed E-state index contributed by atoms with van der Waals surface area (Å²) in [6.45, 7) is 5.69. The monoisotopic (exact) mass is 496 g/mol. The highest BCUT2D eigenvalue weighted by Gasteiger charge is 2.38. The summed E-state index contributed by atoms with van der Waals surface area (Å²) < 4.78 is 5.84. The molecule has 1 saturated carbocycles. The summed E-state index contributed by atoms with van der Waals surface area (Å²) >= 11 is 4.08. The second-order valence-electron chi connectivity index (χ2n) is 9.84. The molecule has 3 N–H and O–H groups in total. The van der Waals surface area contributed by atoms with Crippen molar-refractivity contribution in [2.24, 2.45) is 11.8 Å². The first-order valence-corrected chi connectivity index (χ1v) is 13.9. The van der Waals surface area contributed by atoms with Gasteiger partial charge in [0.1, 0.15) is 16.9 Å². The molecule has 0 aromatic carbocycles. The Morgan fingerprint density at radius 3 is 2.67 bits per heavy atom. The van der Waals surface area contributed by atoms with Crippen molar-refractivity contribution in [3.63, 3.8) is 0 Å². The molecule has 3 atom stereocenters. The van der Waals surface area contributed by atoms with E-state index < -0.39 is 23.6 Å². The number of rotatable bonds is 8. The molecule has 184 valence electrons. The van der Waals surface area contributed by atoms with Crippen LogP contribution in [0.3, 0.4) is 0 Å². The van der Waals surface area contributed by atoms with Gasteiger partial charge in [-0.3, -0.25) is 9.59 Å². The van der Waals surface area contributed by atoms with Crippen LogP contribution in [0.25, 0.3) is 0 Å². The van der Waals surface area contributed by atoms with Gasteiger partial charge in [0.25, 0.3) is 5.91 Å². The first-order chi connectivity index (χ1) is 15.6. The van der Waals surface area contributed by atoms with Crippen molar-refractivity contribution >= 4 is 41.3 Å². The van der Waals surface area contributed by atoms with Crippen LogP contribution in [0.15, 0.2) is 23.5 Å². The Balaban J connectivity index is 1.49. The van der Waals surface area contributed by atoms with Crippen molar-refractivity contribution in [1.82, 2.24) is 10.6 Å². The molecule has 2 amide bonds. The Bertz CT molecular complexity index is 799. The summed E-state index contributed by atoms with van der Waals surface area (Å²) in [7, 11) is 0. The molecule has 1 aliphatic carbocycles. The molecule has 9 heteroatoms. The molecule has 3 rings (SSSR count). The molecule has 2 aliphatic heterocycles. The summed E-state index contributed by atoms with van der Waals surface area (Å²) in [4.78, 5) is 36.7. The topological polar surface area (TPSA) is 105 Å². The van der Waals surface area contributed by atoms with Gasteiger partial charge in [-0.2, -0.15) is 0 Å². The van der Waals surface area contributed by atoms with Gasteiger partial charge in [0.15, 0.2) is 5.78 Å².